The number of nitrogens with zero attached hydrogens (tertiary/aromatic N) is 6. The van der Waals surface area contributed by atoms with Crippen molar-refractivity contribution in [3.8, 4) is 0 Å². The van der Waals surface area contributed by atoms with Crippen molar-refractivity contribution in [2.45, 2.75) is 36.7 Å². The molecule has 0 spiro atoms. The van der Waals surface area contributed by atoms with Crippen molar-refractivity contribution in [1.29, 1.82) is 0 Å². The van der Waals surface area contributed by atoms with Gasteiger partial charge in [0.05, 0.1) is 50.4 Å². The van der Waals surface area contributed by atoms with Crippen molar-refractivity contribution >= 4 is 34.9 Å². The van der Waals surface area contributed by atoms with Crippen LogP contribution in [0.5, 0.6) is 0 Å². The molecule has 8 nitrogen and oxygen atoms in total. The fraction of sp³-hybridized carbons (Fsp3) is 0.231. The van der Waals surface area contributed by atoms with Crippen molar-refractivity contribution < 1.29 is 19.3 Å². The first-order chi connectivity index (χ1) is 16.9. The number of aromatic nitrogens is 4. The Morgan fingerprint density at radius 2 is 1.31 bits per heavy atom. The van der Waals surface area contributed by atoms with E-state index in [2.05, 4.69) is 9.98 Å². The molecule has 0 aliphatic rings. The molecule has 0 aliphatic carbocycles. The maximum absolute atomic E-state index is 12.8. The Hall–Kier alpha value is -3.85. The molecule has 4 rings (SSSR count). The summed E-state index contributed by atoms with van der Waals surface area (Å²) in [5.41, 5.74) is 1.21. The number of benzene rings is 2. The minimum absolute atomic E-state index is 0.277. The van der Waals surface area contributed by atoms with Gasteiger partial charge in [-0.25, -0.2) is 18.3 Å². The lowest BCUT2D eigenvalue weighted by atomic mass is 10.3. The molecule has 9 heteroatoms. The SMILES string of the molecule is CCn1cc[n+](C)c1C([O-])=Nc1ccc(Sc2cccc(N=C([O-])c3n(CC)cc[n+]3C)c2)cc1. The van der Waals surface area contributed by atoms with Gasteiger partial charge in [-0.3, -0.25) is 9.98 Å². The Kier molecular flexibility index (Phi) is 7.36. The van der Waals surface area contributed by atoms with Gasteiger partial charge < -0.3 is 10.2 Å². The molecule has 2 heterocycles. The topological polar surface area (TPSA) is 88.5 Å². The van der Waals surface area contributed by atoms with E-state index in [0.717, 1.165) is 9.79 Å². The Morgan fingerprint density at radius 1 is 0.771 bits per heavy atom. The van der Waals surface area contributed by atoms with Crippen molar-refractivity contribution in [2.24, 2.45) is 24.1 Å². The molecule has 0 saturated heterocycles. The molecule has 0 aliphatic heterocycles. The highest BCUT2D eigenvalue weighted by Gasteiger charge is 2.14. The predicted molar refractivity (Wildman–Crippen MR) is 132 cm³/mol. The van der Waals surface area contributed by atoms with Crippen LogP contribution in [0.1, 0.15) is 25.5 Å². The molecule has 0 saturated carbocycles. The standard InChI is InChI=1S/C26H28N6O2S/c1-5-31-16-14-29(3)25(31)23(33)27-19-10-12-21(13-11-19)35-22-9-7-8-20(18-22)28-24(34)26-30(4)15-17-32(26)6-2/h7-18H,5-6H2,1-4H3. The highest BCUT2D eigenvalue weighted by molar-refractivity contribution is 7.99. The van der Waals surface area contributed by atoms with Crippen LogP contribution in [0.4, 0.5) is 11.4 Å². The minimum atomic E-state index is -0.278. The zero-order chi connectivity index (χ0) is 24.9. The normalized spacial score (nSPS) is 12.3. The molecule has 2 aromatic heterocycles. The second-order valence-electron chi connectivity index (χ2n) is 7.96. The second-order valence-corrected chi connectivity index (χ2v) is 9.11. The third kappa shape index (κ3) is 5.46. The fourth-order valence-electron chi connectivity index (χ4n) is 3.78. The van der Waals surface area contributed by atoms with Gasteiger partial charge in [0.15, 0.2) is 0 Å². The summed E-state index contributed by atoms with van der Waals surface area (Å²) in [7, 11) is 3.68. The summed E-state index contributed by atoms with van der Waals surface area (Å²) in [4.78, 5) is 10.5. The molecule has 4 aromatic rings. The van der Waals surface area contributed by atoms with Gasteiger partial charge in [0.1, 0.15) is 24.8 Å². The van der Waals surface area contributed by atoms with Crippen LogP contribution in [0, 0.1) is 0 Å². The Balaban J connectivity index is 1.50. The van der Waals surface area contributed by atoms with Gasteiger partial charge >= 0.3 is 0 Å². The van der Waals surface area contributed by atoms with E-state index in [4.69, 9.17) is 0 Å². The van der Waals surface area contributed by atoms with Crippen molar-refractivity contribution in [2.75, 3.05) is 0 Å². The number of rotatable bonds is 8. The van der Waals surface area contributed by atoms with Crippen LogP contribution >= 0.6 is 11.8 Å². The highest BCUT2D eigenvalue weighted by Crippen LogP contribution is 2.31. The smallest absolute Gasteiger partial charge is 0.292 e. The lowest BCUT2D eigenvalue weighted by Crippen LogP contribution is -2.40. The van der Waals surface area contributed by atoms with Crippen LogP contribution in [0.2, 0.25) is 0 Å². The molecule has 0 bridgehead atoms. The van der Waals surface area contributed by atoms with Crippen LogP contribution in [0.15, 0.2) is 93.1 Å². The lowest BCUT2D eigenvalue weighted by molar-refractivity contribution is -0.674. The molecular weight excluding hydrogens is 460 g/mol. The minimum Gasteiger partial charge on any atom is -0.853 e. The first kappa shape index (κ1) is 24.3. The summed E-state index contributed by atoms with van der Waals surface area (Å²) < 4.78 is 7.31. The summed E-state index contributed by atoms with van der Waals surface area (Å²) in [6.45, 7) is 5.38. The molecule has 180 valence electrons. The van der Waals surface area contributed by atoms with Crippen LogP contribution in [-0.2, 0) is 27.2 Å². The fourth-order valence-corrected chi connectivity index (χ4v) is 4.65. The van der Waals surface area contributed by atoms with Gasteiger partial charge in [-0.1, -0.05) is 17.8 Å². The lowest BCUT2D eigenvalue weighted by Gasteiger charge is -2.10. The van der Waals surface area contributed by atoms with E-state index >= 15 is 0 Å². The number of hydrogen-bond donors (Lipinski definition) is 0. The van der Waals surface area contributed by atoms with Crippen LogP contribution in [-0.4, -0.2) is 20.9 Å². The molecule has 0 unspecified atom stereocenters. The van der Waals surface area contributed by atoms with Gasteiger partial charge in [-0.05, 0) is 56.3 Å². The van der Waals surface area contributed by atoms with Gasteiger partial charge in [-0.2, -0.15) is 0 Å². The number of aryl methyl sites for hydroxylation is 4. The van der Waals surface area contributed by atoms with Crippen LogP contribution in [0.25, 0.3) is 0 Å². The summed E-state index contributed by atoms with van der Waals surface area (Å²) in [5, 5.41) is 25.4. The maximum Gasteiger partial charge on any atom is 0.292 e. The third-order valence-electron chi connectivity index (χ3n) is 5.57. The molecule has 35 heavy (non-hydrogen) atoms. The number of aliphatic imine (C=N–C) groups is 2. The van der Waals surface area contributed by atoms with Gasteiger partial charge in [0, 0.05) is 9.79 Å². The van der Waals surface area contributed by atoms with Crippen molar-refractivity contribution in [3.63, 3.8) is 0 Å². The summed E-state index contributed by atoms with van der Waals surface area (Å²) >= 11 is 1.55. The highest BCUT2D eigenvalue weighted by atomic mass is 32.2. The van der Waals surface area contributed by atoms with E-state index in [1.165, 1.54) is 0 Å². The van der Waals surface area contributed by atoms with Gasteiger partial charge in [0.25, 0.3) is 11.6 Å². The van der Waals surface area contributed by atoms with E-state index in [-0.39, 0.29) is 11.8 Å². The summed E-state index contributed by atoms with van der Waals surface area (Å²) in [6.07, 6.45) is 7.45. The average molecular weight is 489 g/mol. The first-order valence-electron chi connectivity index (χ1n) is 11.4. The van der Waals surface area contributed by atoms with Crippen molar-refractivity contribution in [3.05, 3.63) is 85.0 Å². The molecule has 0 amide bonds. The second kappa shape index (κ2) is 10.6. The average Bonchev–Trinajstić information content (AvgIpc) is 3.42. The number of hydrogen-bond acceptors (Lipinski definition) is 5. The first-order valence-corrected chi connectivity index (χ1v) is 12.2. The Morgan fingerprint density at radius 3 is 1.86 bits per heavy atom. The Bertz CT molecular complexity index is 1390. The predicted octanol–water partition coefficient (Wildman–Crippen LogP) is 2.01. The maximum atomic E-state index is 12.8. The quantitative estimate of drug-likeness (QED) is 0.216. The zero-order valence-corrected chi connectivity index (χ0v) is 21.1. The summed E-state index contributed by atoms with van der Waals surface area (Å²) in [5.74, 6) is 0.529. The third-order valence-corrected chi connectivity index (χ3v) is 6.57. The Labute approximate surface area is 209 Å². The van der Waals surface area contributed by atoms with E-state index in [0.29, 0.717) is 36.1 Å². The van der Waals surface area contributed by atoms with Gasteiger partial charge in [-0.15, -0.1) is 0 Å². The molecule has 0 N–H and O–H groups in total. The number of imidazole rings is 2. The van der Waals surface area contributed by atoms with E-state index < -0.39 is 0 Å². The molecule has 2 aromatic carbocycles. The monoisotopic (exact) mass is 488 g/mol. The van der Waals surface area contributed by atoms with Crippen molar-refractivity contribution in [1.82, 2.24) is 9.13 Å². The molecular formula is C26H28N6O2S. The zero-order valence-electron chi connectivity index (χ0n) is 20.3. The van der Waals surface area contributed by atoms with Crippen LogP contribution < -0.4 is 19.3 Å². The van der Waals surface area contributed by atoms with E-state index in [1.54, 1.807) is 20.9 Å². The molecule has 0 atom stereocenters. The molecule has 0 fully saturated rings. The summed E-state index contributed by atoms with van der Waals surface area (Å²) in [6, 6.07) is 15.1. The molecule has 0 radical (unpaired) electrons. The van der Waals surface area contributed by atoms with E-state index in [1.807, 2.05) is 110 Å². The van der Waals surface area contributed by atoms with E-state index in [9.17, 15) is 10.2 Å². The largest absolute Gasteiger partial charge is 0.853 e. The van der Waals surface area contributed by atoms with Crippen LogP contribution in [0.3, 0.4) is 0 Å². The van der Waals surface area contributed by atoms with Gasteiger partial charge in [0.2, 0.25) is 0 Å².